The van der Waals surface area contributed by atoms with E-state index in [1.807, 2.05) is 25.7 Å². The molecule has 1 aliphatic rings. The molecule has 24 heavy (non-hydrogen) atoms. The van der Waals surface area contributed by atoms with Crippen LogP contribution in [0.4, 0.5) is 9.93 Å². The van der Waals surface area contributed by atoms with Crippen LogP contribution in [0.15, 0.2) is 18.2 Å². The average molecular weight is 347 g/mol. The molecule has 130 valence electrons. The fourth-order valence-corrected chi connectivity index (χ4v) is 3.89. The third kappa shape index (κ3) is 3.98. The van der Waals surface area contributed by atoms with Gasteiger partial charge in [0.1, 0.15) is 5.60 Å². The van der Waals surface area contributed by atoms with Crippen LogP contribution in [-0.2, 0) is 4.74 Å². The van der Waals surface area contributed by atoms with E-state index in [-0.39, 0.29) is 6.09 Å². The largest absolute Gasteiger partial charge is 0.444 e. The molecule has 2 aromatic rings. The highest BCUT2D eigenvalue weighted by Gasteiger charge is 2.25. The van der Waals surface area contributed by atoms with Gasteiger partial charge in [0.25, 0.3) is 0 Å². The number of hydrogen-bond acceptors (Lipinski definition) is 5. The van der Waals surface area contributed by atoms with E-state index in [0.29, 0.717) is 6.54 Å². The molecule has 1 aromatic carbocycles. The Morgan fingerprint density at radius 1 is 1.21 bits per heavy atom. The number of anilines is 1. The van der Waals surface area contributed by atoms with Crippen molar-refractivity contribution >= 4 is 32.8 Å². The van der Waals surface area contributed by atoms with Crippen LogP contribution < -0.4 is 4.90 Å². The number of carbonyl (C=O) groups is 1. The minimum atomic E-state index is -0.450. The number of aromatic nitrogens is 1. The van der Waals surface area contributed by atoms with Crippen LogP contribution >= 0.6 is 11.3 Å². The predicted octanol–water partition coefficient (Wildman–Crippen LogP) is 4.05. The molecule has 0 N–H and O–H groups in total. The lowest BCUT2D eigenvalue weighted by molar-refractivity contribution is 0.0263. The molecule has 2 heterocycles. The molecule has 3 rings (SSSR count). The molecule has 0 bridgehead atoms. The van der Waals surface area contributed by atoms with Gasteiger partial charge in [-0.1, -0.05) is 17.4 Å². The van der Waals surface area contributed by atoms with Crippen molar-refractivity contribution in [2.75, 3.05) is 31.1 Å². The van der Waals surface area contributed by atoms with Gasteiger partial charge in [0.15, 0.2) is 5.13 Å². The molecule has 0 atom stereocenters. The van der Waals surface area contributed by atoms with Gasteiger partial charge in [0.2, 0.25) is 0 Å². The highest BCUT2D eigenvalue weighted by molar-refractivity contribution is 7.22. The van der Waals surface area contributed by atoms with Gasteiger partial charge in [-0.2, -0.15) is 0 Å². The van der Waals surface area contributed by atoms with Gasteiger partial charge in [0, 0.05) is 26.2 Å². The first-order valence-corrected chi connectivity index (χ1v) is 9.23. The second kappa shape index (κ2) is 6.59. The maximum Gasteiger partial charge on any atom is 0.410 e. The highest BCUT2D eigenvalue weighted by Crippen LogP contribution is 2.30. The zero-order valence-electron chi connectivity index (χ0n) is 14.8. The molecule has 0 unspecified atom stereocenters. The van der Waals surface area contributed by atoms with E-state index < -0.39 is 5.60 Å². The number of nitrogens with zero attached hydrogens (tertiary/aromatic N) is 3. The van der Waals surface area contributed by atoms with Crippen LogP contribution in [0.5, 0.6) is 0 Å². The quantitative estimate of drug-likeness (QED) is 0.781. The van der Waals surface area contributed by atoms with E-state index in [4.69, 9.17) is 9.72 Å². The molecular weight excluding hydrogens is 322 g/mol. The molecule has 6 heteroatoms. The lowest BCUT2D eigenvalue weighted by atomic mass is 10.2. The molecule has 1 aliphatic heterocycles. The Kier molecular flexibility index (Phi) is 4.67. The third-order valence-electron chi connectivity index (χ3n) is 3.95. The van der Waals surface area contributed by atoms with Crippen molar-refractivity contribution in [3.8, 4) is 0 Å². The molecule has 0 saturated carbocycles. The summed E-state index contributed by atoms with van der Waals surface area (Å²) < 4.78 is 6.71. The second-order valence-corrected chi connectivity index (χ2v) is 8.28. The molecular formula is C18H25N3O2S. The maximum atomic E-state index is 12.3. The number of fused-ring (bicyclic) bond motifs is 1. The highest BCUT2D eigenvalue weighted by atomic mass is 32.1. The van der Waals surface area contributed by atoms with Gasteiger partial charge >= 0.3 is 6.09 Å². The topological polar surface area (TPSA) is 45.7 Å². The van der Waals surface area contributed by atoms with Gasteiger partial charge in [-0.25, -0.2) is 9.78 Å². The van der Waals surface area contributed by atoms with Crippen LogP contribution in [0.2, 0.25) is 0 Å². The van der Waals surface area contributed by atoms with Gasteiger partial charge in [-0.05, 0) is 51.8 Å². The number of rotatable bonds is 1. The van der Waals surface area contributed by atoms with E-state index in [0.717, 1.165) is 36.7 Å². The summed E-state index contributed by atoms with van der Waals surface area (Å²) in [6, 6.07) is 6.36. The molecule has 0 radical (unpaired) electrons. The molecule has 1 aromatic heterocycles. The van der Waals surface area contributed by atoms with Crippen molar-refractivity contribution in [3.05, 3.63) is 23.8 Å². The molecule has 0 spiro atoms. The molecule has 5 nitrogen and oxygen atoms in total. The summed E-state index contributed by atoms with van der Waals surface area (Å²) in [6.45, 7) is 10.9. The number of ether oxygens (including phenoxy) is 1. The number of aryl methyl sites for hydroxylation is 1. The Bertz CT molecular complexity index is 735. The Balaban J connectivity index is 1.69. The van der Waals surface area contributed by atoms with Crippen molar-refractivity contribution in [3.63, 3.8) is 0 Å². The van der Waals surface area contributed by atoms with Crippen molar-refractivity contribution in [2.45, 2.75) is 39.7 Å². The van der Waals surface area contributed by atoms with Crippen LogP contribution in [0.25, 0.3) is 10.2 Å². The lowest BCUT2D eigenvalue weighted by Crippen LogP contribution is -2.39. The molecule has 1 fully saturated rings. The lowest BCUT2D eigenvalue weighted by Gasteiger charge is -2.26. The summed E-state index contributed by atoms with van der Waals surface area (Å²) in [5.74, 6) is 0. The zero-order valence-corrected chi connectivity index (χ0v) is 15.7. The van der Waals surface area contributed by atoms with Crippen LogP contribution in [-0.4, -0.2) is 47.8 Å². The van der Waals surface area contributed by atoms with E-state index in [2.05, 4.69) is 30.0 Å². The van der Waals surface area contributed by atoms with Gasteiger partial charge in [0.05, 0.1) is 10.2 Å². The first-order chi connectivity index (χ1) is 11.3. The van der Waals surface area contributed by atoms with E-state index in [9.17, 15) is 4.79 Å². The second-order valence-electron chi connectivity index (χ2n) is 7.28. The first kappa shape index (κ1) is 17.0. The van der Waals surface area contributed by atoms with Gasteiger partial charge in [-0.3, -0.25) is 0 Å². The van der Waals surface area contributed by atoms with Crippen molar-refractivity contribution in [1.82, 2.24) is 9.88 Å². The van der Waals surface area contributed by atoms with Crippen LogP contribution in [0.1, 0.15) is 32.8 Å². The number of hydrogen-bond donors (Lipinski definition) is 0. The van der Waals surface area contributed by atoms with Crippen LogP contribution in [0.3, 0.4) is 0 Å². The standard InChI is InChI=1S/C18H25N3O2S/c1-13-6-7-14-15(12-13)24-16(19-14)20-8-5-9-21(11-10-20)17(22)23-18(2,3)4/h6-7,12H,5,8-11H2,1-4H3. The molecule has 0 aliphatic carbocycles. The molecule has 1 amide bonds. The maximum absolute atomic E-state index is 12.3. The minimum Gasteiger partial charge on any atom is -0.444 e. The predicted molar refractivity (Wildman–Crippen MR) is 99.0 cm³/mol. The SMILES string of the molecule is Cc1ccc2nc(N3CCCN(C(=O)OC(C)(C)C)CC3)sc2c1. The zero-order chi connectivity index (χ0) is 17.3. The van der Waals surface area contributed by atoms with E-state index in [1.165, 1.54) is 10.3 Å². The van der Waals surface area contributed by atoms with Crippen molar-refractivity contribution in [2.24, 2.45) is 0 Å². The minimum absolute atomic E-state index is 0.218. The summed E-state index contributed by atoms with van der Waals surface area (Å²) in [5.41, 5.74) is 1.85. The normalized spacial score (nSPS) is 16.3. The Hall–Kier alpha value is -1.82. The summed E-state index contributed by atoms with van der Waals surface area (Å²) in [6.07, 6.45) is 0.707. The smallest absolute Gasteiger partial charge is 0.410 e. The fourth-order valence-electron chi connectivity index (χ4n) is 2.77. The number of benzene rings is 1. The van der Waals surface area contributed by atoms with Crippen molar-refractivity contribution < 1.29 is 9.53 Å². The summed E-state index contributed by atoms with van der Waals surface area (Å²) in [4.78, 5) is 21.1. The monoisotopic (exact) mass is 347 g/mol. The third-order valence-corrected chi connectivity index (χ3v) is 5.03. The van der Waals surface area contributed by atoms with Gasteiger partial charge < -0.3 is 14.5 Å². The Labute approximate surface area is 147 Å². The number of amides is 1. The molecule has 1 saturated heterocycles. The van der Waals surface area contributed by atoms with E-state index in [1.54, 1.807) is 11.3 Å². The number of carbonyl (C=O) groups excluding carboxylic acids is 1. The summed E-state index contributed by atoms with van der Waals surface area (Å²) in [7, 11) is 0. The van der Waals surface area contributed by atoms with Gasteiger partial charge in [-0.15, -0.1) is 0 Å². The fraction of sp³-hybridized carbons (Fsp3) is 0.556. The Morgan fingerprint density at radius 3 is 2.75 bits per heavy atom. The van der Waals surface area contributed by atoms with Crippen LogP contribution in [0, 0.1) is 6.92 Å². The number of thiazole rings is 1. The first-order valence-electron chi connectivity index (χ1n) is 8.42. The summed E-state index contributed by atoms with van der Waals surface area (Å²) in [5, 5.41) is 1.04. The summed E-state index contributed by atoms with van der Waals surface area (Å²) >= 11 is 1.73. The van der Waals surface area contributed by atoms with Crippen molar-refractivity contribution in [1.29, 1.82) is 0 Å². The van der Waals surface area contributed by atoms with E-state index >= 15 is 0 Å². The average Bonchev–Trinajstić information content (AvgIpc) is 2.73. The Morgan fingerprint density at radius 2 is 2.00 bits per heavy atom.